The van der Waals surface area contributed by atoms with Crippen LogP contribution in [-0.2, 0) is 5.92 Å². The molecule has 0 unspecified atom stereocenters. The Hall–Kier alpha value is -1.84. The number of rotatable bonds is 13. The van der Waals surface area contributed by atoms with E-state index < -0.39 is 23.8 Å². The van der Waals surface area contributed by atoms with E-state index in [0.29, 0.717) is 5.92 Å². The zero-order chi connectivity index (χ0) is 25.3. The minimum absolute atomic E-state index is 0.00774. The normalized spacial score (nSPS) is 19.1. The SMILES string of the molecule is CCCCCCCC[C@H]1CC[C@H](c2ccc(-c3ccc(C(F)(F)C(F)(F)CCC)cc3)cc2)CC1. The number of benzene rings is 2. The van der Waals surface area contributed by atoms with Crippen LogP contribution in [0.3, 0.4) is 0 Å². The van der Waals surface area contributed by atoms with E-state index in [1.165, 1.54) is 95.2 Å². The van der Waals surface area contributed by atoms with Crippen molar-refractivity contribution < 1.29 is 17.6 Å². The molecule has 1 aliphatic rings. The van der Waals surface area contributed by atoms with E-state index in [9.17, 15) is 17.6 Å². The van der Waals surface area contributed by atoms with Gasteiger partial charge in [0.25, 0.3) is 0 Å². The summed E-state index contributed by atoms with van der Waals surface area (Å²) in [6, 6.07) is 13.7. The summed E-state index contributed by atoms with van der Waals surface area (Å²) in [5, 5.41) is 0. The lowest BCUT2D eigenvalue weighted by Crippen LogP contribution is -2.37. The van der Waals surface area contributed by atoms with E-state index in [1.54, 1.807) is 0 Å². The summed E-state index contributed by atoms with van der Waals surface area (Å²) in [4.78, 5) is 0. The average molecular weight is 491 g/mol. The maximum absolute atomic E-state index is 14.3. The van der Waals surface area contributed by atoms with Crippen molar-refractivity contribution in [2.45, 2.75) is 115 Å². The molecule has 0 N–H and O–H groups in total. The topological polar surface area (TPSA) is 0 Å². The summed E-state index contributed by atoms with van der Waals surface area (Å²) >= 11 is 0. The first kappa shape index (κ1) is 27.7. The second-order valence-corrected chi connectivity index (χ2v) is 10.5. The summed E-state index contributed by atoms with van der Waals surface area (Å²) in [6.07, 6.45) is 13.8. The van der Waals surface area contributed by atoms with E-state index in [2.05, 4.69) is 19.1 Å². The first-order valence-electron chi connectivity index (χ1n) is 13.7. The van der Waals surface area contributed by atoms with Gasteiger partial charge >= 0.3 is 11.8 Å². The molecule has 1 fully saturated rings. The molecule has 2 aromatic rings. The van der Waals surface area contributed by atoms with Crippen LogP contribution in [-0.4, -0.2) is 5.92 Å². The maximum Gasteiger partial charge on any atom is 0.335 e. The van der Waals surface area contributed by atoms with Crippen LogP contribution in [0, 0.1) is 5.92 Å². The molecule has 2 aromatic carbocycles. The van der Waals surface area contributed by atoms with E-state index >= 15 is 0 Å². The van der Waals surface area contributed by atoms with Gasteiger partial charge in [0, 0.05) is 12.0 Å². The third-order valence-corrected chi connectivity index (χ3v) is 7.80. The Labute approximate surface area is 209 Å². The van der Waals surface area contributed by atoms with Crippen molar-refractivity contribution in [2.24, 2.45) is 5.92 Å². The van der Waals surface area contributed by atoms with Crippen LogP contribution >= 0.6 is 0 Å². The lowest BCUT2D eigenvalue weighted by atomic mass is 9.77. The molecule has 0 radical (unpaired) electrons. The van der Waals surface area contributed by atoms with Crippen LogP contribution in [0.5, 0.6) is 0 Å². The Morgan fingerprint density at radius 1 is 0.657 bits per heavy atom. The fourth-order valence-corrected chi connectivity index (χ4v) is 5.50. The molecule has 1 aliphatic carbocycles. The van der Waals surface area contributed by atoms with Gasteiger partial charge in [-0.25, -0.2) is 0 Å². The number of hydrogen-bond acceptors (Lipinski definition) is 0. The largest absolute Gasteiger partial charge is 0.335 e. The first-order valence-corrected chi connectivity index (χ1v) is 13.7. The van der Waals surface area contributed by atoms with Gasteiger partial charge in [0.15, 0.2) is 0 Å². The Balaban J connectivity index is 1.51. The molecule has 3 rings (SSSR count). The highest BCUT2D eigenvalue weighted by atomic mass is 19.3. The van der Waals surface area contributed by atoms with Gasteiger partial charge in [-0.2, -0.15) is 17.6 Å². The van der Waals surface area contributed by atoms with E-state index in [0.717, 1.165) is 29.2 Å². The van der Waals surface area contributed by atoms with Gasteiger partial charge in [0.1, 0.15) is 0 Å². The van der Waals surface area contributed by atoms with Gasteiger partial charge in [0.2, 0.25) is 0 Å². The Bertz CT molecular complexity index is 862. The van der Waals surface area contributed by atoms with Gasteiger partial charge in [-0.15, -0.1) is 0 Å². The molecular formula is C31H42F4. The van der Waals surface area contributed by atoms with Crippen molar-refractivity contribution >= 4 is 0 Å². The summed E-state index contributed by atoms with van der Waals surface area (Å²) in [5.74, 6) is -6.75. The minimum atomic E-state index is -4.17. The molecule has 0 aromatic heterocycles. The van der Waals surface area contributed by atoms with Crippen molar-refractivity contribution in [3.8, 4) is 11.1 Å². The van der Waals surface area contributed by atoms with Crippen LogP contribution in [0.2, 0.25) is 0 Å². The molecule has 1 saturated carbocycles. The molecule has 0 heterocycles. The third-order valence-electron chi connectivity index (χ3n) is 7.80. The van der Waals surface area contributed by atoms with Crippen LogP contribution in [0.25, 0.3) is 11.1 Å². The van der Waals surface area contributed by atoms with Crippen molar-refractivity contribution in [3.63, 3.8) is 0 Å². The van der Waals surface area contributed by atoms with Crippen LogP contribution in [0.1, 0.15) is 114 Å². The molecule has 0 saturated heterocycles. The standard InChI is InChI=1S/C31H42F4/c1-3-5-6-7-8-9-10-24-11-13-25(14-12-24)26-15-17-27(18-16-26)28-19-21-29(22-20-28)31(34,35)30(32,33)23-4-2/h15-22,24-25H,3-14,23H2,1-2H3/t24-,25-. The van der Waals surface area contributed by atoms with Crippen LogP contribution in [0.4, 0.5) is 17.6 Å². The molecule has 0 amide bonds. The molecule has 35 heavy (non-hydrogen) atoms. The Kier molecular flexibility index (Phi) is 10.2. The summed E-state index contributed by atoms with van der Waals surface area (Å²) in [7, 11) is 0. The molecule has 0 spiro atoms. The number of hydrogen-bond donors (Lipinski definition) is 0. The predicted octanol–water partition coefficient (Wildman–Crippen LogP) is 10.9. The smallest absolute Gasteiger partial charge is 0.199 e. The molecular weight excluding hydrogens is 448 g/mol. The third kappa shape index (κ3) is 7.33. The second-order valence-electron chi connectivity index (χ2n) is 10.5. The van der Waals surface area contributed by atoms with Gasteiger partial charge in [-0.3, -0.25) is 0 Å². The quantitative estimate of drug-likeness (QED) is 0.193. The van der Waals surface area contributed by atoms with Crippen molar-refractivity contribution in [3.05, 3.63) is 59.7 Å². The lowest BCUT2D eigenvalue weighted by Gasteiger charge is -2.29. The number of halogens is 4. The van der Waals surface area contributed by atoms with Crippen molar-refractivity contribution in [2.75, 3.05) is 0 Å². The highest BCUT2D eigenvalue weighted by Gasteiger charge is 2.56. The first-order chi connectivity index (χ1) is 16.8. The van der Waals surface area contributed by atoms with Crippen LogP contribution < -0.4 is 0 Å². The van der Waals surface area contributed by atoms with Gasteiger partial charge in [0.05, 0.1) is 0 Å². The summed E-state index contributed by atoms with van der Waals surface area (Å²) in [6.45, 7) is 3.74. The van der Waals surface area contributed by atoms with E-state index in [4.69, 9.17) is 0 Å². The average Bonchev–Trinajstić information content (AvgIpc) is 2.86. The van der Waals surface area contributed by atoms with Crippen molar-refractivity contribution in [1.29, 1.82) is 0 Å². The molecule has 0 bridgehead atoms. The molecule has 0 aliphatic heterocycles. The highest BCUT2D eigenvalue weighted by Crippen LogP contribution is 2.46. The van der Waals surface area contributed by atoms with Crippen LogP contribution in [0.15, 0.2) is 48.5 Å². The molecule has 4 heteroatoms. The highest BCUT2D eigenvalue weighted by molar-refractivity contribution is 5.64. The zero-order valence-corrected chi connectivity index (χ0v) is 21.5. The molecule has 0 nitrogen and oxygen atoms in total. The summed E-state index contributed by atoms with van der Waals surface area (Å²) in [5.41, 5.74) is 2.39. The number of alkyl halides is 4. The Morgan fingerprint density at radius 3 is 1.77 bits per heavy atom. The lowest BCUT2D eigenvalue weighted by molar-refractivity contribution is -0.219. The predicted molar refractivity (Wildman–Crippen MR) is 138 cm³/mol. The molecule has 194 valence electrons. The van der Waals surface area contributed by atoms with Crippen molar-refractivity contribution in [1.82, 2.24) is 0 Å². The summed E-state index contributed by atoms with van der Waals surface area (Å²) < 4.78 is 56.5. The Morgan fingerprint density at radius 2 is 1.20 bits per heavy atom. The monoisotopic (exact) mass is 490 g/mol. The second kappa shape index (κ2) is 12.9. The number of unbranched alkanes of at least 4 members (excludes halogenated alkanes) is 5. The molecule has 0 atom stereocenters. The maximum atomic E-state index is 14.3. The van der Waals surface area contributed by atoms with Gasteiger partial charge in [-0.05, 0) is 54.2 Å². The van der Waals surface area contributed by atoms with Gasteiger partial charge < -0.3 is 0 Å². The minimum Gasteiger partial charge on any atom is -0.199 e. The van der Waals surface area contributed by atoms with E-state index in [-0.39, 0.29) is 6.42 Å². The fourth-order valence-electron chi connectivity index (χ4n) is 5.50. The fraction of sp³-hybridized carbons (Fsp3) is 0.613. The van der Waals surface area contributed by atoms with Gasteiger partial charge in [-0.1, -0.05) is 114 Å². The zero-order valence-electron chi connectivity index (χ0n) is 21.5. The van der Waals surface area contributed by atoms with E-state index in [1.807, 2.05) is 12.1 Å².